The number of benzene rings is 3. The summed E-state index contributed by atoms with van der Waals surface area (Å²) in [6, 6.07) is 24.8. The number of aliphatic hydroxyl groups is 2. The second-order valence-electron chi connectivity index (χ2n) is 10.7. The Bertz CT molecular complexity index is 1560. The smallest absolute Gasteiger partial charge is 0.305 e. The number of amides is 1. The minimum atomic E-state index is -1.18. The number of aromatic nitrogens is 1. The fraction of sp³-hybridized carbons (Fsp3) is 0.257. The number of aliphatic carboxylic acids is 1. The lowest BCUT2D eigenvalue weighted by Gasteiger charge is -2.20. The van der Waals surface area contributed by atoms with E-state index in [0.29, 0.717) is 28.1 Å². The van der Waals surface area contributed by atoms with Crippen LogP contribution in [0.1, 0.15) is 55.1 Å². The number of halogens is 1. The van der Waals surface area contributed by atoms with Gasteiger partial charge in [-0.25, -0.2) is 4.39 Å². The predicted molar refractivity (Wildman–Crippen MR) is 169 cm³/mol. The summed E-state index contributed by atoms with van der Waals surface area (Å²) in [4.78, 5) is 42.6. The van der Waals surface area contributed by atoms with Gasteiger partial charge in [-0.15, -0.1) is 0 Å². The van der Waals surface area contributed by atoms with E-state index in [1.54, 1.807) is 12.1 Å². The Morgan fingerprint density at radius 3 is 1.96 bits per heavy atom. The van der Waals surface area contributed by atoms with Crippen LogP contribution in [0.5, 0.6) is 0 Å². The molecule has 0 fully saturated rings. The van der Waals surface area contributed by atoms with E-state index >= 15 is 0 Å². The van der Waals surface area contributed by atoms with Crippen LogP contribution < -0.4 is 5.32 Å². The van der Waals surface area contributed by atoms with E-state index in [4.69, 9.17) is 14.7 Å². The van der Waals surface area contributed by atoms with E-state index < -0.39 is 24.6 Å². The third-order valence-electron chi connectivity index (χ3n) is 6.99. The highest BCUT2D eigenvalue weighted by Crippen LogP contribution is 2.42. The number of nitrogens with one attached hydrogen (secondary N) is 1. The normalized spacial score (nSPS) is 12.0. The first-order valence-electron chi connectivity index (χ1n) is 14.5. The van der Waals surface area contributed by atoms with Crippen molar-refractivity contribution in [2.45, 2.75) is 57.8 Å². The molecule has 0 unspecified atom stereocenters. The van der Waals surface area contributed by atoms with Crippen molar-refractivity contribution in [1.82, 2.24) is 4.57 Å². The second kappa shape index (κ2) is 16.8. The van der Waals surface area contributed by atoms with Gasteiger partial charge in [0.1, 0.15) is 5.82 Å². The van der Waals surface area contributed by atoms with E-state index in [1.165, 1.54) is 12.1 Å². The summed E-state index contributed by atoms with van der Waals surface area (Å²) in [5.74, 6) is -1.93. The number of anilines is 1. The van der Waals surface area contributed by atoms with Crippen LogP contribution in [0.3, 0.4) is 0 Å². The van der Waals surface area contributed by atoms with E-state index in [2.05, 4.69) is 5.32 Å². The van der Waals surface area contributed by atoms with E-state index in [9.17, 15) is 24.2 Å². The van der Waals surface area contributed by atoms with Crippen LogP contribution in [0.2, 0.25) is 0 Å². The maximum absolute atomic E-state index is 14.0. The molecule has 0 saturated carbocycles. The van der Waals surface area contributed by atoms with Gasteiger partial charge in [-0.2, -0.15) is 0 Å². The Hall–Kier alpha value is -4.93. The molecule has 4 aromatic rings. The van der Waals surface area contributed by atoms with Crippen molar-refractivity contribution in [2.24, 2.45) is 0 Å². The van der Waals surface area contributed by atoms with Crippen LogP contribution in [0.25, 0.3) is 22.4 Å². The lowest BCUT2D eigenvalue weighted by Crippen LogP contribution is -2.22. The molecule has 0 bridgehead atoms. The van der Waals surface area contributed by atoms with Gasteiger partial charge in [0, 0.05) is 23.5 Å². The summed E-state index contributed by atoms with van der Waals surface area (Å²) >= 11 is 0. The SMILES string of the molecule is CC(C)c1c(C(=O)Nc2ccccc2)c(-c2ccccc2)c(-c2ccc(F)cc2)n1CC[C@@H](O)C[C@@H](O)CC(=O)O.O=CC=O. The summed E-state index contributed by atoms with van der Waals surface area (Å²) < 4.78 is 16.0. The van der Waals surface area contributed by atoms with Crippen molar-refractivity contribution in [3.63, 3.8) is 0 Å². The fourth-order valence-corrected chi connectivity index (χ4v) is 5.20. The highest BCUT2D eigenvalue weighted by molar-refractivity contribution is 6.12. The zero-order valence-corrected chi connectivity index (χ0v) is 25.1. The molecule has 3 aromatic carbocycles. The van der Waals surface area contributed by atoms with E-state index in [-0.39, 0.29) is 49.6 Å². The first-order chi connectivity index (χ1) is 21.6. The zero-order valence-electron chi connectivity index (χ0n) is 25.1. The molecule has 236 valence electrons. The molecule has 0 radical (unpaired) electrons. The Kier molecular flexibility index (Phi) is 12.9. The van der Waals surface area contributed by atoms with Gasteiger partial charge in [-0.3, -0.25) is 19.2 Å². The number of aliphatic hydroxyl groups excluding tert-OH is 2. The summed E-state index contributed by atoms with van der Waals surface area (Å²) in [7, 11) is 0. The van der Waals surface area contributed by atoms with Gasteiger partial charge < -0.3 is 25.2 Å². The van der Waals surface area contributed by atoms with E-state index in [0.717, 1.165) is 11.3 Å². The molecule has 2 atom stereocenters. The predicted octanol–water partition coefficient (Wildman–Crippen LogP) is 5.70. The Labute approximate surface area is 261 Å². The van der Waals surface area contributed by atoms with Gasteiger partial charge >= 0.3 is 5.97 Å². The molecule has 0 aliphatic carbocycles. The Morgan fingerprint density at radius 2 is 1.42 bits per heavy atom. The molecule has 0 aliphatic rings. The summed E-state index contributed by atoms with van der Waals surface area (Å²) in [6.07, 6.45) is -2.12. The molecule has 9 nitrogen and oxygen atoms in total. The van der Waals surface area contributed by atoms with Crippen LogP contribution in [0.15, 0.2) is 84.9 Å². The van der Waals surface area contributed by atoms with Crippen LogP contribution in [-0.2, 0) is 20.9 Å². The average molecular weight is 617 g/mol. The molecule has 4 rings (SSSR count). The number of hydrogen-bond donors (Lipinski definition) is 4. The Balaban J connectivity index is 0.00000130. The van der Waals surface area contributed by atoms with Crippen molar-refractivity contribution in [2.75, 3.05) is 5.32 Å². The standard InChI is InChI=1S/C33H35FN2O5.C2H2O2/c1-21(2)31-30(33(41)35-25-11-7-4-8-12-25)29(22-9-5-3-6-10-22)32(23-13-15-24(34)16-14-23)36(31)18-17-26(37)19-27(38)20-28(39)40;3-1-2-4/h3-16,21,26-27,37-38H,17-20H2,1-2H3,(H,35,41)(H,39,40);1-2H/t26-,27-;/m1./s1. The van der Waals surface area contributed by atoms with Gasteiger partial charge in [0.2, 0.25) is 0 Å². The van der Waals surface area contributed by atoms with Gasteiger partial charge in [0.25, 0.3) is 5.91 Å². The molecule has 0 saturated heterocycles. The molecular formula is C35H37FN2O7. The molecule has 0 aliphatic heterocycles. The number of aldehydes is 2. The zero-order chi connectivity index (χ0) is 32.9. The molecule has 45 heavy (non-hydrogen) atoms. The minimum Gasteiger partial charge on any atom is -0.481 e. The quantitative estimate of drug-likeness (QED) is 0.111. The number of hydrogen-bond acceptors (Lipinski definition) is 6. The highest BCUT2D eigenvalue weighted by Gasteiger charge is 2.31. The van der Waals surface area contributed by atoms with Crippen molar-refractivity contribution >= 4 is 30.1 Å². The Morgan fingerprint density at radius 1 is 0.844 bits per heavy atom. The summed E-state index contributed by atoms with van der Waals surface area (Å²) in [5.41, 5.74) is 4.77. The first kappa shape index (κ1) is 34.6. The topological polar surface area (TPSA) is 146 Å². The highest BCUT2D eigenvalue weighted by atomic mass is 19.1. The van der Waals surface area contributed by atoms with Gasteiger partial charge in [-0.1, -0.05) is 62.4 Å². The van der Waals surface area contributed by atoms with E-state index in [1.807, 2.05) is 79.1 Å². The number of carboxylic acids is 1. The maximum Gasteiger partial charge on any atom is 0.305 e. The lowest BCUT2D eigenvalue weighted by molar-refractivity contribution is -0.139. The monoisotopic (exact) mass is 616 g/mol. The van der Waals surface area contributed by atoms with Crippen molar-refractivity contribution < 1.29 is 38.9 Å². The molecule has 1 aromatic heterocycles. The van der Waals surface area contributed by atoms with Crippen molar-refractivity contribution in [3.8, 4) is 22.4 Å². The number of carbonyl (C=O) groups excluding carboxylic acids is 3. The molecule has 10 heteroatoms. The summed E-state index contributed by atoms with van der Waals surface area (Å²) in [5, 5.41) is 32.8. The van der Waals surface area contributed by atoms with Crippen molar-refractivity contribution in [3.05, 3.63) is 102 Å². The van der Waals surface area contributed by atoms with Crippen molar-refractivity contribution in [1.29, 1.82) is 0 Å². The third-order valence-corrected chi connectivity index (χ3v) is 6.99. The van der Waals surface area contributed by atoms with Crippen LogP contribution >= 0.6 is 0 Å². The lowest BCUT2D eigenvalue weighted by atomic mass is 9.94. The molecule has 1 amide bonds. The molecule has 1 heterocycles. The minimum absolute atomic E-state index is 0.0939. The average Bonchev–Trinajstić information content (AvgIpc) is 3.36. The number of para-hydroxylation sites is 1. The second-order valence-corrected chi connectivity index (χ2v) is 10.7. The first-order valence-corrected chi connectivity index (χ1v) is 14.5. The van der Waals surface area contributed by atoms with Gasteiger partial charge in [0.15, 0.2) is 12.6 Å². The van der Waals surface area contributed by atoms with Gasteiger partial charge in [-0.05, 0) is 66.3 Å². The molecule has 0 spiro atoms. The maximum atomic E-state index is 14.0. The van der Waals surface area contributed by atoms with Gasteiger partial charge in [0.05, 0.1) is 29.9 Å². The van der Waals surface area contributed by atoms with Crippen LogP contribution in [-0.4, -0.2) is 56.5 Å². The fourth-order valence-electron chi connectivity index (χ4n) is 5.20. The number of carbonyl (C=O) groups is 4. The largest absolute Gasteiger partial charge is 0.481 e. The molecule has 4 N–H and O–H groups in total. The van der Waals surface area contributed by atoms with Crippen LogP contribution in [0, 0.1) is 5.82 Å². The number of carboxylic acid groups (broad SMARTS) is 1. The molecular weight excluding hydrogens is 579 g/mol. The number of rotatable bonds is 13. The third kappa shape index (κ3) is 9.53. The summed E-state index contributed by atoms with van der Waals surface area (Å²) in [6.45, 7) is 4.25. The van der Waals surface area contributed by atoms with Crippen LogP contribution in [0.4, 0.5) is 10.1 Å². The number of nitrogens with zero attached hydrogens (tertiary/aromatic N) is 1.